The van der Waals surface area contributed by atoms with Crippen LogP contribution >= 0.6 is 35.3 Å². The van der Waals surface area contributed by atoms with Crippen molar-refractivity contribution in [3.63, 3.8) is 0 Å². The summed E-state index contributed by atoms with van der Waals surface area (Å²) in [6.07, 6.45) is 0. The maximum atomic E-state index is 13.8. The van der Waals surface area contributed by atoms with Crippen LogP contribution in [0, 0.1) is 9.77 Å². The quantitative estimate of drug-likeness (QED) is 0.0955. The SMILES string of the molecule is CCOc1ccccc1-n1c(=S)sc2c(=O)n(-c3ccc(F)cc3)c(SCC(=O)c3ccccc3)nc21. The predicted octanol–water partition coefficient (Wildman–Crippen LogP) is 6.48. The van der Waals surface area contributed by atoms with Crippen LogP contribution in [-0.2, 0) is 0 Å². The number of carbonyl (C=O) groups excluding carboxylic acids is 1. The number of benzene rings is 3. The first-order valence-electron chi connectivity index (χ1n) is 11.4. The fourth-order valence-electron chi connectivity index (χ4n) is 3.82. The molecule has 0 aliphatic heterocycles. The molecule has 0 radical (unpaired) electrons. The summed E-state index contributed by atoms with van der Waals surface area (Å²) in [4.78, 5) is 31.5. The molecule has 2 heterocycles. The van der Waals surface area contributed by atoms with Crippen molar-refractivity contribution in [1.29, 1.82) is 0 Å². The van der Waals surface area contributed by atoms with Crippen LogP contribution in [0.5, 0.6) is 5.75 Å². The van der Waals surface area contributed by atoms with Gasteiger partial charge in [-0.2, -0.15) is 0 Å². The molecule has 5 aromatic rings. The largest absolute Gasteiger partial charge is 0.492 e. The van der Waals surface area contributed by atoms with Crippen molar-refractivity contribution >= 4 is 51.4 Å². The van der Waals surface area contributed by atoms with Crippen molar-refractivity contribution in [2.75, 3.05) is 12.4 Å². The summed E-state index contributed by atoms with van der Waals surface area (Å²) in [5.74, 6) is 0.144. The van der Waals surface area contributed by atoms with E-state index >= 15 is 0 Å². The highest BCUT2D eigenvalue weighted by molar-refractivity contribution is 7.99. The van der Waals surface area contributed by atoms with Gasteiger partial charge in [0.1, 0.15) is 16.3 Å². The predicted molar refractivity (Wildman–Crippen MR) is 148 cm³/mol. The van der Waals surface area contributed by atoms with E-state index in [1.54, 1.807) is 28.8 Å². The molecule has 37 heavy (non-hydrogen) atoms. The molecule has 0 amide bonds. The number of aromatic nitrogens is 3. The highest BCUT2D eigenvalue weighted by atomic mass is 32.2. The number of carbonyl (C=O) groups is 1. The van der Waals surface area contributed by atoms with E-state index < -0.39 is 5.82 Å². The maximum Gasteiger partial charge on any atom is 0.278 e. The summed E-state index contributed by atoms with van der Waals surface area (Å²) in [5.41, 5.74) is 1.70. The molecule has 0 spiro atoms. The molecule has 3 aromatic carbocycles. The Morgan fingerprint density at radius 2 is 1.73 bits per heavy atom. The van der Waals surface area contributed by atoms with Gasteiger partial charge in [-0.15, -0.1) is 0 Å². The number of hydrogen-bond acceptors (Lipinski definition) is 7. The van der Waals surface area contributed by atoms with Gasteiger partial charge in [0.05, 0.1) is 23.7 Å². The summed E-state index contributed by atoms with van der Waals surface area (Å²) >= 11 is 7.94. The van der Waals surface area contributed by atoms with E-state index in [1.165, 1.54) is 28.8 Å². The van der Waals surface area contributed by atoms with Crippen molar-refractivity contribution in [1.82, 2.24) is 14.1 Å². The van der Waals surface area contributed by atoms with Crippen molar-refractivity contribution in [2.24, 2.45) is 0 Å². The molecule has 0 saturated heterocycles. The van der Waals surface area contributed by atoms with Crippen LogP contribution < -0.4 is 10.3 Å². The van der Waals surface area contributed by atoms with Crippen LogP contribution in [0.2, 0.25) is 0 Å². The zero-order valence-electron chi connectivity index (χ0n) is 19.6. The molecule has 0 N–H and O–H groups in total. The summed E-state index contributed by atoms with van der Waals surface area (Å²) in [6, 6.07) is 21.9. The molecule has 186 valence electrons. The number of fused-ring (bicyclic) bond motifs is 1. The highest BCUT2D eigenvalue weighted by Gasteiger charge is 2.21. The lowest BCUT2D eigenvalue weighted by molar-refractivity contribution is 0.102. The molecule has 0 unspecified atom stereocenters. The maximum absolute atomic E-state index is 13.8. The highest BCUT2D eigenvalue weighted by Crippen LogP contribution is 2.31. The molecule has 0 fully saturated rings. The fraction of sp³-hybridized carbons (Fsp3) is 0.111. The average Bonchev–Trinajstić information content (AvgIpc) is 3.25. The number of halogens is 1. The lowest BCUT2D eigenvalue weighted by Crippen LogP contribution is -2.22. The van der Waals surface area contributed by atoms with Gasteiger partial charge >= 0.3 is 0 Å². The van der Waals surface area contributed by atoms with Crippen LogP contribution in [0.15, 0.2) is 88.8 Å². The molecular weight excluding hydrogens is 530 g/mol. The monoisotopic (exact) mass is 549 g/mol. The van der Waals surface area contributed by atoms with Gasteiger partial charge in [-0.3, -0.25) is 18.7 Å². The first-order valence-corrected chi connectivity index (χ1v) is 13.6. The summed E-state index contributed by atoms with van der Waals surface area (Å²) in [5, 5.41) is 0.295. The molecule has 2 aromatic heterocycles. The van der Waals surface area contributed by atoms with Crippen molar-refractivity contribution < 1.29 is 13.9 Å². The second-order valence-corrected chi connectivity index (χ2v) is 10.4. The zero-order valence-corrected chi connectivity index (χ0v) is 22.0. The molecular formula is C27H20FN3O3S3. The molecule has 6 nitrogen and oxygen atoms in total. The molecule has 10 heteroatoms. The second-order valence-electron chi connectivity index (χ2n) is 7.85. The number of Topliss-reactive ketones (excluding diaryl/α,β-unsaturated/α-hetero) is 1. The van der Waals surface area contributed by atoms with Gasteiger partial charge in [0.15, 0.2) is 20.5 Å². The minimum atomic E-state index is -0.423. The first-order chi connectivity index (χ1) is 18.0. The number of ketones is 1. The lowest BCUT2D eigenvalue weighted by Gasteiger charge is -2.14. The van der Waals surface area contributed by atoms with Crippen LogP contribution in [0.25, 0.3) is 21.7 Å². The molecule has 0 saturated carbocycles. The van der Waals surface area contributed by atoms with Crippen molar-refractivity contribution in [3.8, 4) is 17.1 Å². The second kappa shape index (κ2) is 10.8. The Morgan fingerprint density at radius 1 is 1.03 bits per heavy atom. The Labute approximate surface area is 225 Å². The smallest absolute Gasteiger partial charge is 0.278 e. The summed E-state index contributed by atoms with van der Waals surface area (Å²) in [7, 11) is 0. The number of nitrogens with zero attached hydrogens (tertiary/aromatic N) is 3. The number of ether oxygens (including phenoxy) is 1. The topological polar surface area (TPSA) is 66.1 Å². The molecule has 0 aliphatic carbocycles. The molecule has 0 bridgehead atoms. The van der Waals surface area contributed by atoms with Gasteiger partial charge in [-0.05, 0) is 55.5 Å². The third-order valence-corrected chi connectivity index (χ3v) is 7.79. The van der Waals surface area contributed by atoms with Crippen molar-refractivity contribution in [3.05, 3.63) is 105 Å². The van der Waals surface area contributed by atoms with Gasteiger partial charge in [0.2, 0.25) is 0 Å². The summed E-state index contributed by atoms with van der Waals surface area (Å²) in [6.45, 7) is 2.35. The van der Waals surface area contributed by atoms with Crippen LogP contribution in [-0.4, -0.2) is 32.3 Å². The number of hydrogen-bond donors (Lipinski definition) is 0. The van der Waals surface area contributed by atoms with Crippen LogP contribution in [0.4, 0.5) is 4.39 Å². The van der Waals surface area contributed by atoms with E-state index in [9.17, 15) is 14.0 Å². The van der Waals surface area contributed by atoms with E-state index in [1.807, 2.05) is 37.3 Å². The van der Waals surface area contributed by atoms with Gasteiger partial charge < -0.3 is 4.74 Å². The average molecular weight is 550 g/mol. The van der Waals surface area contributed by atoms with Gasteiger partial charge in [0, 0.05) is 5.56 Å². The standard InChI is InChI=1S/C27H20FN3O3S3/c1-2-34-22-11-7-6-10-20(22)31-24-23(37-27(31)35)25(33)30(19-14-12-18(28)13-15-19)26(29-24)36-16-21(32)17-8-4-3-5-9-17/h3-15H,2,16H2,1H3. The van der Waals surface area contributed by atoms with E-state index in [-0.39, 0.29) is 17.1 Å². The van der Waals surface area contributed by atoms with E-state index in [4.69, 9.17) is 21.9 Å². The number of thiazole rings is 1. The third kappa shape index (κ3) is 5.00. The Balaban J connectivity index is 1.70. The van der Waals surface area contributed by atoms with Gasteiger partial charge in [-0.1, -0.05) is 65.6 Å². The van der Waals surface area contributed by atoms with E-state index in [0.29, 0.717) is 48.8 Å². The Morgan fingerprint density at radius 3 is 2.46 bits per heavy atom. The molecule has 5 rings (SSSR count). The van der Waals surface area contributed by atoms with Crippen LogP contribution in [0.3, 0.4) is 0 Å². The molecule has 0 aliphatic rings. The normalized spacial score (nSPS) is 11.1. The van der Waals surface area contributed by atoms with E-state index in [0.717, 1.165) is 23.1 Å². The fourth-order valence-corrected chi connectivity index (χ4v) is 6.01. The summed E-state index contributed by atoms with van der Waals surface area (Å²) < 4.78 is 23.4. The number of para-hydroxylation sites is 2. The van der Waals surface area contributed by atoms with Crippen molar-refractivity contribution in [2.45, 2.75) is 12.1 Å². The van der Waals surface area contributed by atoms with Gasteiger partial charge in [-0.25, -0.2) is 9.37 Å². The minimum Gasteiger partial charge on any atom is -0.492 e. The Kier molecular flexibility index (Phi) is 7.31. The number of rotatable bonds is 8. The van der Waals surface area contributed by atoms with E-state index in [2.05, 4.69) is 0 Å². The van der Waals surface area contributed by atoms with Crippen LogP contribution in [0.1, 0.15) is 17.3 Å². The minimum absolute atomic E-state index is 0.0591. The Hall–Kier alpha value is -3.60. The third-order valence-electron chi connectivity index (χ3n) is 5.50. The first kappa shape index (κ1) is 25.1. The number of thioether (sulfide) groups is 1. The van der Waals surface area contributed by atoms with Gasteiger partial charge in [0.25, 0.3) is 5.56 Å². The lowest BCUT2D eigenvalue weighted by atomic mass is 10.2. The molecule has 0 atom stereocenters. The Bertz CT molecular complexity index is 1710. The zero-order chi connectivity index (χ0) is 25.9.